The van der Waals surface area contributed by atoms with E-state index in [1.165, 1.54) is 0 Å². The molecule has 1 unspecified atom stereocenters. The van der Waals surface area contributed by atoms with Gasteiger partial charge in [0.2, 0.25) is 0 Å². The number of carbonyl (C=O) groups excluding carboxylic acids is 1. The fraction of sp³-hybridized carbons (Fsp3) is 0.467. The van der Waals surface area contributed by atoms with Crippen LogP contribution in [0.25, 0.3) is 0 Å². The number of nitrogens with zero attached hydrogens (tertiary/aromatic N) is 1. The molecule has 0 saturated heterocycles. The van der Waals surface area contributed by atoms with Crippen LogP contribution in [0, 0.1) is 16.7 Å². The summed E-state index contributed by atoms with van der Waals surface area (Å²) in [7, 11) is 0. The van der Waals surface area contributed by atoms with Crippen molar-refractivity contribution in [3.05, 3.63) is 29.8 Å². The van der Waals surface area contributed by atoms with Crippen molar-refractivity contribution in [3.63, 3.8) is 0 Å². The highest BCUT2D eigenvalue weighted by atomic mass is 16.5. The van der Waals surface area contributed by atoms with Gasteiger partial charge < -0.3 is 10.1 Å². The van der Waals surface area contributed by atoms with Gasteiger partial charge >= 0.3 is 0 Å². The molecule has 4 heteroatoms. The van der Waals surface area contributed by atoms with Gasteiger partial charge in [0.1, 0.15) is 5.75 Å². The minimum atomic E-state index is -0.146. The fourth-order valence-corrected chi connectivity index (χ4v) is 1.27. The summed E-state index contributed by atoms with van der Waals surface area (Å²) in [5.74, 6) is 0.435. The largest absolute Gasteiger partial charge is 0.484 e. The fourth-order valence-electron chi connectivity index (χ4n) is 1.27. The van der Waals surface area contributed by atoms with E-state index in [9.17, 15) is 4.79 Å². The summed E-state index contributed by atoms with van der Waals surface area (Å²) in [6, 6.07) is 8.78. The molecule has 4 nitrogen and oxygen atoms in total. The van der Waals surface area contributed by atoms with E-state index in [1.807, 2.05) is 13.0 Å². The maximum Gasteiger partial charge on any atom is 0.258 e. The highest BCUT2D eigenvalue weighted by Gasteiger charge is 2.21. The smallest absolute Gasteiger partial charge is 0.258 e. The van der Waals surface area contributed by atoms with Crippen LogP contribution in [-0.2, 0) is 4.79 Å². The van der Waals surface area contributed by atoms with E-state index < -0.39 is 0 Å². The van der Waals surface area contributed by atoms with E-state index in [-0.39, 0.29) is 24.0 Å². The average molecular weight is 260 g/mol. The molecule has 1 amide bonds. The molecule has 1 atom stereocenters. The van der Waals surface area contributed by atoms with Crippen LogP contribution in [0.4, 0.5) is 0 Å². The zero-order valence-electron chi connectivity index (χ0n) is 11.9. The average Bonchev–Trinajstić information content (AvgIpc) is 2.35. The number of nitrogens with one attached hydrogen (secondary N) is 1. The third-order valence-corrected chi connectivity index (χ3v) is 3.03. The highest BCUT2D eigenvalue weighted by molar-refractivity contribution is 5.77. The molecule has 19 heavy (non-hydrogen) atoms. The molecule has 0 aliphatic heterocycles. The lowest BCUT2D eigenvalue weighted by Crippen LogP contribution is -2.43. The Morgan fingerprint density at radius 1 is 1.37 bits per heavy atom. The zero-order valence-corrected chi connectivity index (χ0v) is 11.9. The molecule has 102 valence electrons. The molecule has 0 aliphatic rings. The Hall–Kier alpha value is -2.02. The quantitative estimate of drug-likeness (QED) is 0.904. The van der Waals surface area contributed by atoms with Crippen LogP contribution in [0.5, 0.6) is 5.75 Å². The van der Waals surface area contributed by atoms with Gasteiger partial charge in [-0.05, 0) is 36.6 Å². The SMILES string of the molecule is CC(NC(=O)COc1ccc(C#N)cc1)C(C)(C)C. The van der Waals surface area contributed by atoms with Crippen molar-refractivity contribution in [2.24, 2.45) is 5.41 Å². The van der Waals surface area contributed by atoms with Gasteiger partial charge in [-0.15, -0.1) is 0 Å². The van der Waals surface area contributed by atoms with Crippen molar-refractivity contribution in [2.75, 3.05) is 6.61 Å². The van der Waals surface area contributed by atoms with E-state index in [1.54, 1.807) is 24.3 Å². The Labute approximate surface area is 114 Å². The molecule has 0 aromatic heterocycles. The number of benzene rings is 1. The first-order chi connectivity index (χ1) is 8.82. The number of carbonyl (C=O) groups is 1. The van der Waals surface area contributed by atoms with Crippen LogP contribution >= 0.6 is 0 Å². The summed E-state index contributed by atoms with van der Waals surface area (Å²) in [5, 5.41) is 11.6. The Balaban J connectivity index is 2.44. The second-order valence-electron chi connectivity index (χ2n) is 5.58. The molecule has 1 aromatic rings. The van der Waals surface area contributed by atoms with Crippen LogP contribution < -0.4 is 10.1 Å². The topological polar surface area (TPSA) is 62.1 Å². The van der Waals surface area contributed by atoms with Gasteiger partial charge in [0.05, 0.1) is 11.6 Å². The molecule has 1 aromatic carbocycles. The van der Waals surface area contributed by atoms with Gasteiger partial charge in [-0.2, -0.15) is 5.26 Å². The summed E-state index contributed by atoms with van der Waals surface area (Å²) in [4.78, 5) is 11.7. The molecule has 0 bridgehead atoms. The van der Waals surface area contributed by atoms with Gasteiger partial charge in [0.25, 0.3) is 5.91 Å². The summed E-state index contributed by atoms with van der Waals surface area (Å²) in [6.45, 7) is 8.16. The predicted octanol–water partition coefficient (Wildman–Crippen LogP) is 2.49. The summed E-state index contributed by atoms with van der Waals surface area (Å²) in [5.41, 5.74) is 0.586. The van der Waals surface area contributed by atoms with Crippen molar-refractivity contribution in [1.82, 2.24) is 5.32 Å². The van der Waals surface area contributed by atoms with E-state index in [2.05, 4.69) is 26.1 Å². The third-order valence-electron chi connectivity index (χ3n) is 3.03. The molecule has 0 aliphatic carbocycles. The van der Waals surface area contributed by atoms with Crippen LogP contribution in [0.3, 0.4) is 0 Å². The van der Waals surface area contributed by atoms with E-state index in [0.29, 0.717) is 11.3 Å². The lowest BCUT2D eigenvalue weighted by molar-refractivity contribution is -0.124. The predicted molar refractivity (Wildman–Crippen MR) is 73.7 cm³/mol. The third kappa shape index (κ3) is 5.01. The number of rotatable bonds is 4. The van der Waals surface area contributed by atoms with Crippen molar-refractivity contribution in [1.29, 1.82) is 5.26 Å². The molecule has 0 heterocycles. The highest BCUT2D eigenvalue weighted by Crippen LogP contribution is 2.18. The monoisotopic (exact) mass is 260 g/mol. The molecule has 1 rings (SSSR count). The number of hydrogen-bond donors (Lipinski definition) is 1. The zero-order chi connectivity index (χ0) is 14.5. The first-order valence-corrected chi connectivity index (χ1v) is 6.25. The van der Waals surface area contributed by atoms with Gasteiger partial charge in [-0.3, -0.25) is 4.79 Å². The van der Waals surface area contributed by atoms with Gasteiger partial charge in [-0.25, -0.2) is 0 Å². The van der Waals surface area contributed by atoms with Crippen LogP contribution in [0.1, 0.15) is 33.3 Å². The lowest BCUT2D eigenvalue weighted by Gasteiger charge is -2.28. The molecule has 0 radical (unpaired) electrons. The second-order valence-corrected chi connectivity index (χ2v) is 5.58. The number of ether oxygens (including phenoxy) is 1. The van der Waals surface area contributed by atoms with Crippen molar-refractivity contribution >= 4 is 5.91 Å². The lowest BCUT2D eigenvalue weighted by atomic mass is 9.88. The first-order valence-electron chi connectivity index (χ1n) is 6.25. The van der Waals surface area contributed by atoms with Crippen molar-refractivity contribution in [3.8, 4) is 11.8 Å². The Bertz CT molecular complexity index is 466. The van der Waals surface area contributed by atoms with E-state index in [0.717, 1.165) is 0 Å². The minimum Gasteiger partial charge on any atom is -0.484 e. The van der Waals surface area contributed by atoms with Gasteiger partial charge in [0, 0.05) is 6.04 Å². The van der Waals surface area contributed by atoms with Crippen LogP contribution in [0.2, 0.25) is 0 Å². The van der Waals surface area contributed by atoms with Crippen molar-refractivity contribution < 1.29 is 9.53 Å². The summed E-state index contributed by atoms with van der Waals surface area (Å²) < 4.78 is 5.36. The standard InChI is InChI=1S/C15H20N2O2/c1-11(15(2,3)4)17-14(18)10-19-13-7-5-12(9-16)6-8-13/h5-8,11H,10H2,1-4H3,(H,17,18). The second kappa shape index (κ2) is 6.24. The van der Waals surface area contributed by atoms with Crippen molar-refractivity contribution in [2.45, 2.75) is 33.7 Å². The number of nitriles is 1. The van der Waals surface area contributed by atoms with Gasteiger partial charge in [-0.1, -0.05) is 20.8 Å². The van der Waals surface area contributed by atoms with E-state index in [4.69, 9.17) is 10.00 Å². The maximum absolute atomic E-state index is 11.7. The molecule has 1 N–H and O–H groups in total. The Morgan fingerprint density at radius 3 is 2.42 bits per heavy atom. The molecule has 0 saturated carbocycles. The maximum atomic E-state index is 11.7. The Morgan fingerprint density at radius 2 is 1.95 bits per heavy atom. The normalized spacial score (nSPS) is 12.4. The van der Waals surface area contributed by atoms with Crippen LogP contribution in [-0.4, -0.2) is 18.6 Å². The minimum absolute atomic E-state index is 0.0180. The Kier molecular flexibility index (Phi) is 4.94. The molecular weight excluding hydrogens is 240 g/mol. The molecule has 0 fully saturated rings. The van der Waals surface area contributed by atoms with Gasteiger partial charge in [0.15, 0.2) is 6.61 Å². The summed E-state index contributed by atoms with van der Waals surface area (Å²) in [6.07, 6.45) is 0. The van der Waals surface area contributed by atoms with E-state index >= 15 is 0 Å². The number of amides is 1. The van der Waals surface area contributed by atoms with Crippen LogP contribution in [0.15, 0.2) is 24.3 Å². The molecule has 0 spiro atoms. The first kappa shape index (κ1) is 15.0. The number of hydrogen-bond acceptors (Lipinski definition) is 3. The summed E-state index contributed by atoms with van der Waals surface area (Å²) >= 11 is 0. The molecular formula is C15H20N2O2.